The van der Waals surface area contributed by atoms with Crippen molar-refractivity contribution in [1.29, 1.82) is 0 Å². The van der Waals surface area contributed by atoms with Crippen molar-refractivity contribution < 1.29 is 0 Å². The predicted octanol–water partition coefficient (Wildman–Crippen LogP) is 6.16. The molecule has 0 heteroatoms. The molecule has 2 aliphatic carbocycles. The van der Waals surface area contributed by atoms with Gasteiger partial charge in [0.25, 0.3) is 0 Å². The molecule has 0 aromatic heterocycles. The lowest BCUT2D eigenvalue weighted by molar-refractivity contribution is 0.498. The van der Waals surface area contributed by atoms with E-state index in [-0.39, 0.29) is 0 Å². The van der Waals surface area contributed by atoms with Gasteiger partial charge in [0.15, 0.2) is 0 Å². The minimum absolute atomic E-state index is 0.480. The van der Waals surface area contributed by atoms with Crippen molar-refractivity contribution in [3.63, 3.8) is 0 Å². The highest BCUT2D eigenvalue weighted by Gasteiger charge is 2.32. The molecule has 0 nitrogen and oxygen atoms in total. The summed E-state index contributed by atoms with van der Waals surface area (Å²) in [4.78, 5) is 0. The van der Waals surface area contributed by atoms with E-state index in [0.717, 1.165) is 5.92 Å². The minimum Gasteiger partial charge on any atom is -0.0723 e. The maximum atomic E-state index is 2.60. The summed E-state index contributed by atoms with van der Waals surface area (Å²) in [6.07, 6.45) is 8.24. The molecule has 0 bridgehead atoms. The molecule has 0 amide bonds. The lowest BCUT2D eigenvalue weighted by Crippen LogP contribution is -2.05. The second-order valence-corrected chi connectivity index (χ2v) is 6.91. The molecule has 0 N–H and O–H groups in total. The number of hydrogen-bond donors (Lipinski definition) is 0. The number of hydrogen-bond acceptors (Lipinski definition) is 0. The Bertz CT molecular complexity index is 674. The summed E-state index contributed by atoms with van der Waals surface area (Å²) in [5.41, 5.74) is 6.04. The third kappa shape index (κ3) is 2.31. The van der Waals surface area contributed by atoms with E-state index in [4.69, 9.17) is 0 Å². The number of allylic oxidation sites excluding steroid dienone is 2. The molecule has 1 fully saturated rings. The lowest BCUT2D eigenvalue weighted by Gasteiger charge is -2.17. The van der Waals surface area contributed by atoms with Crippen LogP contribution in [0.15, 0.2) is 60.7 Å². The van der Waals surface area contributed by atoms with Gasteiger partial charge in [0.05, 0.1) is 0 Å². The van der Waals surface area contributed by atoms with Crippen LogP contribution in [0.2, 0.25) is 0 Å². The standard InChI is InChI=1S/C22H24/c1-16(17-9-3-2-4-10-17)21-15-22(18-11-5-6-12-18)20-14-8-7-13-19(20)21/h2-4,7-10,13-16,18,22H,5-6,11-12H2,1H3. The van der Waals surface area contributed by atoms with Crippen LogP contribution in [-0.2, 0) is 0 Å². The zero-order valence-electron chi connectivity index (χ0n) is 13.3. The van der Waals surface area contributed by atoms with Crippen LogP contribution in [0, 0.1) is 5.92 Å². The Morgan fingerprint density at radius 1 is 0.864 bits per heavy atom. The van der Waals surface area contributed by atoms with Gasteiger partial charge in [-0.15, -0.1) is 0 Å². The van der Waals surface area contributed by atoms with Crippen LogP contribution in [0.5, 0.6) is 0 Å². The van der Waals surface area contributed by atoms with Gasteiger partial charge in [-0.1, -0.05) is 80.4 Å². The molecule has 2 aromatic carbocycles. The van der Waals surface area contributed by atoms with E-state index in [0.29, 0.717) is 11.8 Å². The molecule has 22 heavy (non-hydrogen) atoms. The molecule has 0 spiro atoms. The molecule has 0 aliphatic heterocycles. The largest absolute Gasteiger partial charge is 0.0723 e. The van der Waals surface area contributed by atoms with Crippen molar-refractivity contribution in [2.45, 2.75) is 44.4 Å². The van der Waals surface area contributed by atoms with Gasteiger partial charge in [0.1, 0.15) is 0 Å². The first-order chi connectivity index (χ1) is 10.8. The SMILES string of the molecule is CC(C1=CC(C2CCCC2)c2ccccc21)c1ccccc1. The minimum atomic E-state index is 0.480. The van der Waals surface area contributed by atoms with Crippen molar-refractivity contribution >= 4 is 5.57 Å². The quantitative estimate of drug-likeness (QED) is 0.634. The molecular formula is C22H24. The van der Waals surface area contributed by atoms with Gasteiger partial charge in [-0.25, -0.2) is 0 Å². The average Bonchev–Trinajstić information content (AvgIpc) is 3.22. The van der Waals surface area contributed by atoms with Gasteiger partial charge in [-0.3, -0.25) is 0 Å². The van der Waals surface area contributed by atoms with E-state index in [1.54, 1.807) is 11.1 Å². The highest BCUT2D eigenvalue weighted by molar-refractivity contribution is 5.79. The van der Waals surface area contributed by atoms with Crippen molar-refractivity contribution in [3.8, 4) is 0 Å². The Morgan fingerprint density at radius 2 is 1.55 bits per heavy atom. The number of benzene rings is 2. The summed E-state index contributed by atoms with van der Waals surface area (Å²) in [6.45, 7) is 2.36. The highest BCUT2D eigenvalue weighted by Crippen LogP contribution is 2.49. The van der Waals surface area contributed by atoms with E-state index < -0.39 is 0 Å². The lowest BCUT2D eigenvalue weighted by atomic mass is 9.86. The first kappa shape index (κ1) is 13.8. The Hall–Kier alpha value is -1.82. The molecule has 2 aromatic rings. The monoisotopic (exact) mass is 288 g/mol. The molecule has 0 radical (unpaired) electrons. The van der Waals surface area contributed by atoms with Gasteiger partial charge in [0.2, 0.25) is 0 Å². The highest BCUT2D eigenvalue weighted by atomic mass is 14.4. The summed E-state index contributed by atoms with van der Waals surface area (Å²) in [7, 11) is 0. The normalized spacial score (nSPS) is 22.4. The van der Waals surface area contributed by atoms with E-state index in [1.165, 1.54) is 36.8 Å². The summed E-state index contributed by atoms with van der Waals surface area (Å²) >= 11 is 0. The Kier molecular flexibility index (Phi) is 3.62. The van der Waals surface area contributed by atoms with Crippen LogP contribution in [0.3, 0.4) is 0 Å². The van der Waals surface area contributed by atoms with E-state index >= 15 is 0 Å². The summed E-state index contributed by atoms with van der Waals surface area (Å²) < 4.78 is 0. The Labute approximate surface area is 133 Å². The van der Waals surface area contributed by atoms with E-state index in [1.807, 2.05) is 0 Å². The zero-order valence-corrected chi connectivity index (χ0v) is 13.3. The molecule has 4 rings (SSSR count). The first-order valence-corrected chi connectivity index (χ1v) is 8.70. The Balaban J connectivity index is 1.73. The topological polar surface area (TPSA) is 0 Å². The van der Waals surface area contributed by atoms with Crippen molar-refractivity contribution in [2.75, 3.05) is 0 Å². The second kappa shape index (κ2) is 5.76. The smallest absolute Gasteiger partial charge is 0.00641 e. The summed E-state index contributed by atoms with van der Waals surface area (Å²) in [5.74, 6) is 2.00. The molecular weight excluding hydrogens is 264 g/mol. The van der Waals surface area contributed by atoms with Crippen LogP contribution < -0.4 is 0 Å². The summed E-state index contributed by atoms with van der Waals surface area (Å²) in [5, 5.41) is 0. The third-order valence-corrected chi connectivity index (χ3v) is 5.66. The average molecular weight is 288 g/mol. The fourth-order valence-corrected chi connectivity index (χ4v) is 4.43. The molecule has 2 aliphatic rings. The maximum Gasteiger partial charge on any atom is 0.00641 e. The van der Waals surface area contributed by atoms with Gasteiger partial charge >= 0.3 is 0 Å². The van der Waals surface area contributed by atoms with Gasteiger partial charge < -0.3 is 0 Å². The zero-order chi connectivity index (χ0) is 14.9. The van der Waals surface area contributed by atoms with Crippen LogP contribution in [0.4, 0.5) is 0 Å². The second-order valence-electron chi connectivity index (χ2n) is 6.91. The van der Waals surface area contributed by atoms with Crippen LogP contribution in [0.1, 0.15) is 61.1 Å². The first-order valence-electron chi connectivity index (χ1n) is 8.70. The van der Waals surface area contributed by atoms with Gasteiger partial charge in [-0.05, 0) is 41.0 Å². The number of rotatable bonds is 3. The predicted molar refractivity (Wildman–Crippen MR) is 94.0 cm³/mol. The summed E-state index contributed by atoms with van der Waals surface area (Å²) in [6, 6.07) is 20.0. The third-order valence-electron chi connectivity index (χ3n) is 5.66. The van der Waals surface area contributed by atoms with Crippen molar-refractivity contribution in [3.05, 3.63) is 77.4 Å². The van der Waals surface area contributed by atoms with Crippen molar-refractivity contribution in [2.24, 2.45) is 5.92 Å². The van der Waals surface area contributed by atoms with E-state index in [9.17, 15) is 0 Å². The van der Waals surface area contributed by atoms with Crippen LogP contribution >= 0.6 is 0 Å². The Morgan fingerprint density at radius 3 is 2.32 bits per heavy atom. The van der Waals surface area contributed by atoms with Crippen LogP contribution in [-0.4, -0.2) is 0 Å². The molecule has 0 saturated heterocycles. The number of fused-ring (bicyclic) bond motifs is 1. The van der Waals surface area contributed by atoms with Crippen LogP contribution in [0.25, 0.3) is 5.57 Å². The fraction of sp³-hybridized carbons (Fsp3) is 0.364. The van der Waals surface area contributed by atoms with Gasteiger partial charge in [0, 0.05) is 11.8 Å². The van der Waals surface area contributed by atoms with E-state index in [2.05, 4.69) is 67.6 Å². The molecule has 112 valence electrons. The van der Waals surface area contributed by atoms with Gasteiger partial charge in [-0.2, -0.15) is 0 Å². The molecule has 1 saturated carbocycles. The maximum absolute atomic E-state index is 2.60. The molecule has 2 atom stereocenters. The molecule has 2 unspecified atom stereocenters. The van der Waals surface area contributed by atoms with Crippen molar-refractivity contribution in [1.82, 2.24) is 0 Å². The molecule has 0 heterocycles. The fourth-order valence-electron chi connectivity index (χ4n) is 4.43.